The third-order valence-corrected chi connectivity index (χ3v) is 1.74. The zero-order valence-corrected chi connectivity index (χ0v) is 6.39. The number of carbonyl (C=O) groups excluding carboxylic acids is 1. The largest absolute Gasteiger partial charge is 0.478 e. The minimum Gasteiger partial charge on any atom is -0.478 e. The van der Waals surface area contributed by atoms with Gasteiger partial charge in [0.2, 0.25) is 0 Å². The number of aromatic carboxylic acids is 1. The first-order valence-corrected chi connectivity index (χ1v) is 3.52. The van der Waals surface area contributed by atoms with Gasteiger partial charge in [-0.25, -0.2) is 4.79 Å². The Morgan fingerprint density at radius 3 is 2.77 bits per heavy atom. The van der Waals surface area contributed by atoms with Crippen molar-refractivity contribution in [3.8, 4) is 0 Å². The van der Waals surface area contributed by atoms with Gasteiger partial charge >= 0.3 is 5.97 Å². The lowest BCUT2D eigenvalue weighted by Crippen LogP contribution is -2.04. The monoisotopic (exact) mass is 176 g/mol. The van der Waals surface area contributed by atoms with Crippen LogP contribution in [0.2, 0.25) is 0 Å². The van der Waals surface area contributed by atoms with Gasteiger partial charge in [-0.3, -0.25) is 4.79 Å². The van der Waals surface area contributed by atoms with E-state index in [-0.39, 0.29) is 11.1 Å². The molecule has 5 heteroatoms. The Balaban J connectivity index is 2.71. The molecular weight excluding hydrogens is 172 g/mol. The number of hydrogen-bond donors (Lipinski definition) is 1. The van der Waals surface area contributed by atoms with E-state index < -0.39 is 11.9 Å². The second-order valence-electron chi connectivity index (χ2n) is 2.51. The first kappa shape index (κ1) is 7.60. The van der Waals surface area contributed by atoms with Crippen LogP contribution in [0.15, 0.2) is 28.4 Å². The van der Waals surface area contributed by atoms with Gasteiger partial charge in [0.25, 0.3) is 5.91 Å². The third kappa shape index (κ3) is 1.01. The summed E-state index contributed by atoms with van der Waals surface area (Å²) >= 11 is 0. The van der Waals surface area contributed by atoms with Crippen LogP contribution in [0, 0.1) is 0 Å². The molecule has 0 unspecified atom stereocenters. The maximum atomic E-state index is 11.1. The van der Waals surface area contributed by atoms with E-state index >= 15 is 0 Å². The molecule has 1 aliphatic rings. The summed E-state index contributed by atoms with van der Waals surface area (Å²) in [7, 11) is 0. The van der Waals surface area contributed by atoms with Crippen LogP contribution in [-0.2, 0) is 0 Å². The summed E-state index contributed by atoms with van der Waals surface area (Å²) in [4.78, 5) is 21.7. The van der Waals surface area contributed by atoms with E-state index in [0.717, 1.165) is 0 Å². The molecule has 0 fully saturated rings. The van der Waals surface area contributed by atoms with Crippen molar-refractivity contribution >= 4 is 17.6 Å². The Labute approximate surface area is 72.7 Å². The summed E-state index contributed by atoms with van der Waals surface area (Å²) < 4.78 is 0. The number of amides is 1. The Hall–Kier alpha value is -2.04. The first-order valence-electron chi connectivity index (χ1n) is 3.52. The molecule has 5 nitrogen and oxygen atoms in total. The summed E-state index contributed by atoms with van der Waals surface area (Å²) in [5.74, 6) is -1.73. The van der Waals surface area contributed by atoms with Gasteiger partial charge in [0.15, 0.2) is 0 Å². The van der Waals surface area contributed by atoms with Gasteiger partial charge in [-0.15, -0.1) is 10.2 Å². The van der Waals surface area contributed by atoms with Crippen LogP contribution >= 0.6 is 0 Å². The molecule has 0 saturated carbocycles. The molecular formula is C8H4N2O3. The zero-order chi connectivity index (χ0) is 9.42. The van der Waals surface area contributed by atoms with Crippen molar-refractivity contribution in [2.45, 2.75) is 0 Å². The fourth-order valence-corrected chi connectivity index (χ4v) is 1.18. The van der Waals surface area contributed by atoms with E-state index in [2.05, 4.69) is 10.2 Å². The summed E-state index contributed by atoms with van der Waals surface area (Å²) in [6.45, 7) is 0. The van der Waals surface area contributed by atoms with E-state index in [0.29, 0.717) is 5.69 Å². The predicted molar refractivity (Wildman–Crippen MR) is 42.2 cm³/mol. The highest BCUT2D eigenvalue weighted by Gasteiger charge is 2.24. The van der Waals surface area contributed by atoms with Gasteiger partial charge < -0.3 is 5.11 Å². The van der Waals surface area contributed by atoms with E-state index in [1.165, 1.54) is 12.1 Å². The van der Waals surface area contributed by atoms with Crippen LogP contribution in [0.5, 0.6) is 0 Å². The van der Waals surface area contributed by atoms with Crippen LogP contribution < -0.4 is 0 Å². The lowest BCUT2D eigenvalue weighted by Gasteiger charge is -1.98. The molecule has 0 aliphatic carbocycles. The van der Waals surface area contributed by atoms with Gasteiger partial charge in [0.05, 0.1) is 16.8 Å². The number of fused-ring (bicyclic) bond motifs is 1. The molecule has 0 saturated heterocycles. The number of nitrogens with zero attached hydrogens (tertiary/aromatic N) is 2. The maximum absolute atomic E-state index is 11.1. The Morgan fingerprint density at radius 1 is 1.31 bits per heavy atom. The van der Waals surface area contributed by atoms with Crippen molar-refractivity contribution in [2.75, 3.05) is 0 Å². The number of carboxylic acid groups (broad SMARTS) is 1. The molecule has 0 aromatic heterocycles. The molecule has 1 aromatic rings. The Morgan fingerprint density at radius 2 is 2.08 bits per heavy atom. The SMILES string of the molecule is O=C(O)c1cccc2c1C(=O)N=N2. The molecule has 0 bridgehead atoms. The average molecular weight is 176 g/mol. The number of benzene rings is 1. The van der Waals surface area contributed by atoms with E-state index in [9.17, 15) is 9.59 Å². The molecule has 1 amide bonds. The molecule has 64 valence electrons. The van der Waals surface area contributed by atoms with E-state index in [1.54, 1.807) is 6.07 Å². The van der Waals surface area contributed by atoms with Crippen LogP contribution in [0.25, 0.3) is 0 Å². The van der Waals surface area contributed by atoms with Gasteiger partial charge in [-0.2, -0.15) is 0 Å². The number of rotatable bonds is 1. The van der Waals surface area contributed by atoms with Crippen LogP contribution in [0.3, 0.4) is 0 Å². The molecule has 1 aliphatic heterocycles. The third-order valence-electron chi connectivity index (χ3n) is 1.74. The van der Waals surface area contributed by atoms with Crippen molar-refractivity contribution < 1.29 is 14.7 Å². The highest BCUT2D eigenvalue weighted by Crippen LogP contribution is 2.29. The smallest absolute Gasteiger partial charge is 0.336 e. The maximum Gasteiger partial charge on any atom is 0.336 e. The summed E-state index contributed by atoms with van der Waals surface area (Å²) in [5.41, 5.74) is 0.354. The highest BCUT2D eigenvalue weighted by atomic mass is 16.4. The van der Waals surface area contributed by atoms with Crippen LogP contribution in [0.1, 0.15) is 20.7 Å². The molecule has 2 rings (SSSR count). The summed E-state index contributed by atoms with van der Waals surface area (Å²) in [5, 5.41) is 15.5. The van der Waals surface area contributed by atoms with Gasteiger partial charge in [0, 0.05) is 0 Å². The minimum absolute atomic E-state index is 0.0486. The molecule has 1 aromatic carbocycles. The van der Waals surface area contributed by atoms with Crippen molar-refractivity contribution in [1.29, 1.82) is 0 Å². The second-order valence-corrected chi connectivity index (χ2v) is 2.51. The molecule has 0 radical (unpaired) electrons. The second kappa shape index (κ2) is 2.48. The van der Waals surface area contributed by atoms with Gasteiger partial charge in [0.1, 0.15) is 0 Å². The van der Waals surface area contributed by atoms with Crippen molar-refractivity contribution in [2.24, 2.45) is 10.2 Å². The number of azo groups is 1. The van der Waals surface area contributed by atoms with E-state index in [1.807, 2.05) is 0 Å². The van der Waals surface area contributed by atoms with Crippen molar-refractivity contribution in [3.63, 3.8) is 0 Å². The number of carbonyl (C=O) groups is 2. The fraction of sp³-hybridized carbons (Fsp3) is 0. The standard InChI is InChI=1S/C8H4N2O3/c11-7-6-4(8(12)13)2-1-3-5(6)9-10-7/h1-3H,(H,12,13). The number of hydrogen-bond acceptors (Lipinski definition) is 3. The molecule has 0 spiro atoms. The predicted octanol–water partition coefficient (Wildman–Crippen LogP) is 1.62. The fourth-order valence-electron chi connectivity index (χ4n) is 1.18. The average Bonchev–Trinajstić information content (AvgIpc) is 2.48. The van der Waals surface area contributed by atoms with Crippen molar-refractivity contribution in [3.05, 3.63) is 29.3 Å². The lowest BCUT2D eigenvalue weighted by atomic mass is 10.1. The topological polar surface area (TPSA) is 79.1 Å². The lowest BCUT2D eigenvalue weighted by molar-refractivity contribution is 0.0692. The van der Waals surface area contributed by atoms with E-state index in [4.69, 9.17) is 5.11 Å². The Bertz CT molecular complexity index is 437. The quantitative estimate of drug-likeness (QED) is 0.705. The molecule has 13 heavy (non-hydrogen) atoms. The molecule has 0 atom stereocenters. The summed E-state index contributed by atoms with van der Waals surface area (Å²) in [6, 6.07) is 4.44. The molecule has 1 heterocycles. The summed E-state index contributed by atoms with van der Waals surface area (Å²) in [6.07, 6.45) is 0. The minimum atomic E-state index is -1.14. The van der Waals surface area contributed by atoms with Crippen molar-refractivity contribution in [1.82, 2.24) is 0 Å². The number of carboxylic acids is 1. The normalized spacial score (nSPS) is 13.1. The van der Waals surface area contributed by atoms with Gasteiger partial charge in [-0.05, 0) is 12.1 Å². The Kier molecular flexibility index (Phi) is 1.45. The molecule has 1 N–H and O–H groups in total. The van der Waals surface area contributed by atoms with Crippen LogP contribution in [-0.4, -0.2) is 17.0 Å². The van der Waals surface area contributed by atoms with Gasteiger partial charge in [-0.1, -0.05) is 6.07 Å². The highest BCUT2D eigenvalue weighted by molar-refractivity contribution is 6.10. The zero-order valence-electron chi connectivity index (χ0n) is 6.39. The first-order chi connectivity index (χ1) is 6.20. The van der Waals surface area contributed by atoms with Crippen LogP contribution in [0.4, 0.5) is 5.69 Å².